The first-order valence-corrected chi connectivity index (χ1v) is 5.91. The summed E-state index contributed by atoms with van der Waals surface area (Å²) in [5, 5.41) is 2.98. The normalized spacial score (nSPS) is 22.3. The molecule has 0 bridgehead atoms. The van der Waals surface area contributed by atoms with Crippen molar-refractivity contribution in [3.05, 3.63) is 12.7 Å². The van der Waals surface area contributed by atoms with Crippen molar-refractivity contribution < 1.29 is 4.79 Å². The van der Waals surface area contributed by atoms with Gasteiger partial charge >= 0.3 is 0 Å². The smallest absolute Gasteiger partial charge is 0.243 e. The lowest BCUT2D eigenvalue weighted by Crippen LogP contribution is -2.47. The Labute approximate surface area is 92.5 Å². The molecule has 0 spiro atoms. The Balaban J connectivity index is 2.28. The van der Waals surface area contributed by atoms with E-state index < -0.39 is 0 Å². The van der Waals surface area contributed by atoms with Gasteiger partial charge in [-0.3, -0.25) is 4.79 Å². The van der Waals surface area contributed by atoms with Crippen molar-refractivity contribution in [2.45, 2.75) is 38.6 Å². The van der Waals surface area contributed by atoms with Gasteiger partial charge in [0.05, 0.1) is 0 Å². The molecule has 1 rings (SSSR count). The quantitative estimate of drug-likeness (QED) is 0.698. The van der Waals surface area contributed by atoms with E-state index in [2.05, 4.69) is 23.7 Å². The van der Waals surface area contributed by atoms with Crippen LogP contribution in [0, 0.1) is 0 Å². The van der Waals surface area contributed by atoms with Crippen LogP contribution >= 0.6 is 0 Å². The molecule has 1 aliphatic heterocycles. The Morgan fingerprint density at radius 2 is 2.47 bits per heavy atom. The number of hydrogen-bond acceptors (Lipinski definition) is 2. The molecule has 3 heteroatoms. The minimum atomic E-state index is -0.0441. The van der Waals surface area contributed by atoms with E-state index in [1.54, 1.807) is 0 Å². The molecule has 1 fully saturated rings. The zero-order valence-corrected chi connectivity index (χ0v) is 9.67. The van der Waals surface area contributed by atoms with Crippen molar-refractivity contribution in [2.24, 2.45) is 0 Å². The fourth-order valence-electron chi connectivity index (χ4n) is 2.02. The number of likely N-dealkylation sites (tertiary alicyclic amines) is 1. The summed E-state index contributed by atoms with van der Waals surface area (Å²) in [4.78, 5) is 13.6. The molecule has 1 saturated heterocycles. The molecule has 0 aromatic carbocycles. The van der Waals surface area contributed by atoms with Gasteiger partial charge in [0, 0.05) is 12.6 Å². The maximum absolute atomic E-state index is 11.2. The lowest BCUT2D eigenvalue weighted by atomic mass is 10.1. The predicted octanol–water partition coefficient (Wildman–Crippen LogP) is 1.55. The van der Waals surface area contributed by atoms with Gasteiger partial charge in [-0.1, -0.05) is 19.9 Å². The molecule has 0 radical (unpaired) electrons. The third kappa shape index (κ3) is 4.47. The van der Waals surface area contributed by atoms with Gasteiger partial charge < -0.3 is 10.2 Å². The summed E-state index contributed by atoms with van der Waals surface area (Å²) in [6, 6.07) is 0.320. The Bertz CT molecular complexity index is 216. The first-order chi connectivity index (χ1) is 7.26. The van der Waals surface area contributed by atoms with E-state index in [1.165, 1.54) is 31.9 Å². The molecule has 1 aliphatic rings. The van der Waals surface area contributed by atoms with Crippen LogP contribution in [0.2, 0.25) is 0 Å². The molecule has 15 heavy (non-hydrogen) atoms. The van der Waals surface area contributed by atoms with Crippen molar-refractivity contribution in [1.82, 2.24) is 10.2 Å². The van der Waals surface area contributed by atoms with Crippen LogP contribution in [0.1, 0.15) is 32.6 Å². The molecule has 1 amide bonds. The molecule has 1 N–H and O–H groups in total. The molecule has 1 atom stereocenters. The molecule has 0 saturated carbocycles. The van der Waals surface area contributed by atoms with Gasteiger partial charge in [0.1, 0.15) is 0 Å². The van der Waals surface area contributed by atoms with Gasteiger partial charge in [-0.25, -0.2) is 0 Å². The summed E-state index contributed by atoms with van der Waals surface area (Å²) in [6.45, 7) is 9.02. The molecule has 86 valence electrons. The van der Waals surface area contributed by atoms with E-state index in [-0.39, 0.29) is 5.91 Å². The number of unbranched alkanes of at least 4 members (excludes halogenated alkanes) is 1. The summed E-state index contributed by atoms with van der Waals surface area (Å²) < 4.78 is 0. The third-order valence-electron chi connectivity index (χ3n) is 2.87. The second kappa shape index (κ2) is 6.62. The van der Waals surface area contributed by atoms with E-state index in [0.29, 0.717) is 6.04 Å². The fraction of sp³-hybridized carbons (Fsp3) is 0.750. The lowest BCUT2D eigenvalue weighted by Gasteiger charge is -2.32. The Hall–Kier alpha value is -0.830. The standard InChI is InChI=1S/C12H22N2O/c1-3-5-8-14-9-6-7-11(10-14)13-12(15)4-2/h4,11H,2-3,5-10H2,1H3,(H,13,15). The van der Waals surface area contributed by atoms with Gasteiger partial charge in [-0.05, 0) is 38.4 Å². The fourth-order valence-corrected chi connectivity index (χ4v) is 2.02. The Kier molecular flexibility index (Phi) is 5.40. The van der Waals surface area contributed by atoms with Gasteiger partial charge in [0.2, 0.25) is 5.91 Å². The number of amides is 1. The first-order valence-electron chi connectivity index (χ1n) is 5.91. The molecular weight excluding hydrogens is 188 g/mol. The number of carbonyl (C=O) groups excluding carboxylic acids is 1. The average Bonchev–Trinajstić information content (AvgIpc) is 2.26. The molecule has 0 aromatic heterocycles. The van der Waals surface area contributed by atoms with Gasteiger partial charge in [-0.2, -0.15) is 0 Å². The van der Waals surface area contributed by atoms with Gasteiger partial charge in [0.15, 0.2) is 0 Å². The Morgan fingerprint density at radius 3 is 3.13 bits per heavy atom. The van der Waals surface area contributed by atoms with Crippen LogP contribution in [0.4, 0.5) is 0 Å². The average molecular weight is 210 g/mol. The second-order valence-electron chi connectivity index (χ2n) is 4.21. The lowest BCUT2D eigenvalue weighted by molar-refractivity contribution is -0.117. The number of piperidine rings is 1. The van der Waals surface area contributed by atoms with Crippen molar-refractivity contribution in [3.8, 4) is 0 Å². The number of nitrogens with zero attached hydrogens (tertiary/aromatic N) is 1. The van der Waals surface area contributed by atoms with E-state index in [0.717, 1.165) is 19.5 Å². The first kappa shape index (κ1) is 12.2. The van der Waals surface area contributed by atoms with Crippen molar-refractivity contribution in [2.75, 3.05) is 19.6 Å². The monoisotopic (exact) mass is 210 g/mol. The molecule has 1 unspecified atom stereocenters. The molecular formula is C12H22N2O. The minimum absolute atomic E-state index is 0.0441. The van der Waals surface area contributed by atoms with Crippen LogP contribution in [0.25, 0.3) is 0 Å². The van der Waals surface area contributed by atoms with Crippen LogP contribution < -0.4 is 5.32 Å². The number of rotatable bonds is 5. The van der Waals surface area contributed by atoms with Crippen LogP contribution in [-0.2, 0) is 4.79 Å². The number of hydrogen-bond donors (Lipinski definition) is 1. The third-order valence-corrected chi connectivity index (χ3v) is 2.87. The van der Waals surface area contributed by atoms with Gasteiger partial charge in [-0.15, -0.1) is 0 Å². The minimum Gasteiger partial charge on any atom is -0.349 e. The van der Waals surface area contributed by atoms with Gasteiger partial charge in [0.25, 0.3) is 0 Å². The predicted molar refractivity (Wildman–Crippen MR) is 62.7 cm³/mol. The highest BCUT2D eigenvalue weighted by atomic mass is 16.1. The maximum atomic E-state index is 11.2. The van der Waals surface area contributed by atoms with Crippen LogP contribution in [0.15, 0.2) is 12.7 Å². The van der Waals surface area contributed by atoms with Crippen LogP contribution in [0.3, 0.4) is 0 Å². The molecule has 0 aromatic rings. The summed E-state index contributed by atoms with van der Waals surface area (Å²) in [5.74, 6) is -0.0441. The maximum Gasteiger partial charge on any atom is 0.243 e. The summed E-state index contributed by atoms with van der Waals surface area (Å²) >= 11 is 0. The number of nitrogens with one attached hydrogen (secondary N) is 1. The topological polar surface area (TPSA) is 32.3 Å². The summed E-state index contributed by atoms with van der Waals surface area (Å²) in [5.41, 5.74) is 0. The molecule has 1 heterocycles. The van der Waals surface area contributed by atoms with Crippen LogP contribution in [0.5, 0.6) is 0 Å². The summed E-state index contributed by atoms with van der Waals surface area (Å²) in [7, 11) is 0. The highest BCUT2D eigenvalue weighted by Gasteiger charge is 2.19. The van der Waals surface area contributed by atoms with E-state index in [9.17, 15) is 4.79 Å². The number of carbonyl (C=O) groups is 1. The summed E-state index contributed by atoms with van der Waals surface area (Å²) in [6.07, 6.45) is 6.13. The zero-order valence-electron chi connectivity index (χ0n) is 9.67. The van der Waals surface area contributed by atoms with E-state index >= 15 is 0 Å². The SMILES string of the molecule is C=CC(=O)NC1CCCN(CCCC)C1. The highest BCUT2D eigenvalue weighted by Crippen LogP contribution is 2.10. The highest BCUT2D eigenvalue weighted by molar-refractivity contribution is 5.87. The van der Waals surface area contributed by atoms with Crippen molar-refractivity contribution >= 4 is 5.91 Å². The van der Waals surface area contributed by atoms with Crippen LogP contribution in [-0.4, -0.2) is 36.5 Å². The molecule has 3 nitrogen and oxygen atoms in total. The second-order valence-corrected chi connectivity index (χ2v) is 4.21. The Morgan fingerprint density at radius 1 is 1.67 bits per heavy atom. The van der Waals surface area contributed by atoms with E-state index in [4.69, 9.17) is 0 Å². The molecule has 0 aliphatic carbocycles. The zero-order chi connectivity index (χ0) is 11.1. The van der Waals surface area contributed by atoms with E-state index in [1.807, 2.05) is 0 Å². The largest absolute Gasteiger partial charge is 0.349 e. The van der Waals surface area contributed by atoms with Crippen molar-refractivity contribution in [1.29, 1.82) is 0 Å². The van der Waals surface area contributed by atoms with Crippen molar-refractivity contribution in [3.63, 3.8) is 0 Å².